The Labute approximate surface area is 175 Å². The van der Waals surface area contributed by atoms with E-state index in [0.29, 0.717) is 19.8 Å². The van der Waals surface area contributed by atoms with E-state index in [2.05, 4.69) is 59.0 Å². The van der Waals surface area contributed by atoms with Crippen LogP contribution in [0.5, 0.6) is 0 Å². The van der Waals surface area contributed by atoms with Gasteiger partial charge in [0.25, 0.3) is 0 Å². The second-order valence-corrected chi connectivity index (χ2v) is 8.19. The third kappa shape index (κ3) is 5.14. The molecule has 2 heterocycles. The summed E-state index contributed by atoms with van der Waals surface area (Å²) in [6.45, 7) is 2.12. The van der Waals surface area contributed by atoms with Gasteiger partial charge in [0.15, 0.2) is 0 Å². The van der Waals surface area contributed by atoms with Crippen LogP contribution in [0.1, 0.15) is 21.9 Å². The summed E-state index contributed by atoms with van der Waals surface area (Å²) in [5.74, 6) is 0.201. The quantitative estimate of drug-likeness (QED) is 0.363. The van der Waals surface area contributed by atoms with Crippen molar-refractivity contribution in [3.05, 3.63) is 94.3 Å². The lowest BCUT2D eigenvalue weighted by atomic mass is 9.91. The minimum Gasteiger partial charge on any atom is -0.389 e. The Morgan fingerprint density at radius 2 is 1.79 bits per heavy atom. The molecular weight excluding hydrogens is 380 g/mol. The van der Waals surface area contributed by atoms with Crippen molar-refractivity contribution in [1.82, 2.24) is 10.3 Å². The lowest BCUT2D eigenvalue weighted by Crippen LogP contribution is -2.33. The van der Waals surface area contributed by atoms with Crippen LogP contribution in [0, 0.1) is 0 Å². The molecule has 4 rings (SSSR count). The highest BCUT2D eigenvalue weighted by Gasteiger charge is 2.18. The van der Waals surface area contributed by atoms with Gasteiger partial charge in [-0.1, -0.05) is 54.6 Å². The minimum atomic E-state index is -0.533. The number of thiophene rings is 1. The molecule has 3 N–H and O–H groups in total. The van der Waals surface area contributed by atoms with E-state index in [9.17, 15) is 5.11 Å². The van der Waals surface area contributed by atoms with E-state index in [1.807, 2.05) is 29.6 Å². The number of rotatable bonds is 10. The van der Waals surface area contributed by atoms with E-state index in [-0.39, 0.29) is 5.92 Å². The van der Waals surface area contributed by atoms with Gasteiger partial charge >= 0.3 is 0 Å². The summed E-state index contributed by atoms with van der Waals surface area (Å²) in [6.07, 6.45) is 1.57. The number of ether oxygens (including phenoxy) is 1. The number of hydrogen-bond donors (Lipinski definition) is 3. The summed E-state index contributed by atoms with van der Waals surface area (Å²) in [5, 5.41) is 17.0. The average molecular weight is 407 g/mol. The first-order valence-corrected chi connectivity index (χ1v) is 10.8. The van der Waals surface area contributed by atoms with Crippen molar-refractivity contribution in [2.45, 2.75) is 18.6 Å². The van der Waals surface area contributed by atoms with Gasteiger partial charge in [0.05, 0.1) is 19.3 Å². The Morgan fingerprint density at radius 1 is 0.966 bits per heavy atom. The second kappa shape index (κ2) is 9.85. The van der Waals surface area contributed by atoms with Crippen LogP contribution in [0.2, 0.25) is 0 Å². The van der Waals surface area contributed by atoms with Crippen LogP contribution < -0.4 is 5.32 Å². The molecule has 0 spiro atoms. The van der Waals surface area contributed by atoms with Crippen LogP contribution in [0.15, 0.2) is 78.3 Å². The molecule has 5 heteroatoms. The molecule has 0 radical (unpaired) electrons. The van der Waals surface area contributed by atoms with Gasteiger partial charge in [0.2, 0.25) is 0 Å². The predicted molar refractivity (Wildman–Crippen MR) is 119 cm³/mol. The molecule has 0 aliphatic carbocycles. The van der Waals surface area contributed by atoms with Crippen molar-refractivity contribution < 1.29 is 9.84 Å². The fourth-order valence-electron chi connectivity index (χ4n) is 3.62. The molecule has 0 unspecified atom stereocenters. The van der Waals surface area contributed by atoms with Crippen molar-refractivity contribution in [2.75, 3.05) is 19.7 Å². The molecule has 2 aromatic carbocycles. The van der Waals surface area contributed by atoms with Crippen molar-refractivity contribution in [3.63, 3.8) is 0 Å². The lowest BCUT2D eigenvalue weighted by Gasteiger charge is -2.19. The van der Waals surface area contributed by atoms with E-state index in [1.165, 1.54) is 21.4 Å². The summed E-state index contributed by atoms with van der Waals surface area (Å²) in [7, 11) is 0. The second-order valence-electron chi connectivity index (χ2n) is 7.16. The smallest absolute Gasteiger partial charge is 0.0897 e. The summed E-state index contributed by atoms with van der Waals surface area (Å²) >= 11 is 1.67. The maximum absolute atomic E-state index is 10.3. The Morgan fingerprint density at radius 3 is 2.62 bits per heavy atom. The monoisotopic (exact) mass is 406 g/mol. The van der Waals surface area contributed by atoms with E-state index in [0.717, 1.165) is 12.1 Å². The molecule has 0 fully saturated rings. The topological polar surface area (TPSA) is 57.3 Å². The molecule has 150 valence electrons. The molecule has 0 saturated heterocycles. The van der Waals surface area contributed by atoms with Crippen LogP contribution >= 0.6 is 11.3 Å². The van der Waals surface area contributed by atoms with Crippen molar-refractivity contribution in [3.8, 4) is 0 Å². The van der Waals surface area contributed by atoms with Gasteiger partial charge in [-0.2, -0.15) is 0 Å². The van der Waals surface area contributed by atoms with Crippen LogP contribution in [0.25, 0.3) is 10.9 Å². The van der Waals surface area contributed by atoms with Crippen LogP contribution in [0.4, 0.5) is 0 Å². The third-order valence-electron chi connectivity index (χ3n) is 5.06. The van der Waals surface area contributed by atoms with Crippen molar-refractivity contribution >= 4 is 22.2 Å². The summed E-state index contributed by atoms with van der Waals surface area (Å²) in [6, 6.07) is 22.9. The number of H-pyrrole nitrogens is 1. The number of aromatic amines is 1. The van der Waals surface area contributed by atoms with Crippen LogP contribution in [-0.2, 0) is 11.3 Å². The number of hydrogen-bond acceptors (Lipinski definition) is 4. The number of para-hydroxylation sites is 1. The van der Waals surface area contributed by atoms with E-state index in [4.69, 9.17) is 4.74 Å². The number of nitrogens with one attached hydrogen (secondary N) is 2. The van der Waals surface area contributed by atoms with Gasteiger partial charge in [-0.05, 0) is 28.6 Å². The van der Waals surface area contributed by atoms with E-state index >= 15 is 0 Å². The van der Waals surface area contributed by atoms with Gasteiger partial charge in [-0.25, -0.2) is 0 Å². The van der Waals surface area contributed by atoms with Crippen molar-refractivity contribution in [2.24, 2.45) is 0 Å². The molecule has 0 bridgehead atoms. The SMILES string of the molecule is O[C@H](CNC[C@@H](c1ccccc1)c1c[nH]c2ccccc12)COCc1cccs1. The number of aliphatic hydroxyl groups excluding tert-OH is 1. The lowest BCUT2D eigenvalue weighted by molar-refractivity contribution is 0.0299. The Balaban J connectivity index is 1.37. The van der Waals surface area contributed by atoms with Gasteiger partial charge in [0, 0.05) is 41.0 Å². The van der Waals surface area contributed by atoms with Crippen LogP contribution in [0.3, 0.4) is 0 Å². The minimum absolute atomic E-state index is 0.201. The van der Waals surface area contributed by atoms with E-state index < -0.39 is 6.10 Å². The maximum atomic E-state index is 10.3. The van der Waals surface area contributed by atoms with Crippen LogP contribution in [-0.4, -0.2) is 35.9 Å². The number of aromatic nitrogens is 1. The normalized spacial score (nSPS) is 13.6. The zero-order valence-corrected chi connectivity index (χ0v) is 17.1. The maximum Gasteiger partial charge on any atom is 0.0897 e. The Kier molecular flexibility index (Phi) is 6.75. The standard InChI is InChI=1S/C24H26N2O2S/c27-19(16-28-17-20-9-6-12-29-20)13-25-14-22(18-7-2-1-3-8-18)23-15-26-24-11-5-4-10-21(23)24/h1-12,15,19,22,25-27H,13-14,16-17H2/t19-,22+/m1/s1. The molecule has 4 nitrogen and oxygen atoms in total. The first-order chi connectivity index (χ1) is 14.3. The number of fused-ring (bicyclic) bond motifs is 1. The molecular formula is C24H26N2O2S. The zero-order valence-electron chi connectivity index (χ0n) is 16.3. The molecule has 2 atom stereocenters. The fourth-order valence-corrected chi connectivity index (χ4v) is 4.26. The highest BCUT2D eigenvalue weighted by atomic mass is 32.1. The molecule has 0 amide bonds. The first kappa shape index (κ1) is 19.9. The predicted octanol–water partition coefficient (Wildman–Crippen LogP) is 4.53. The molecule has 0 saturated carbocycles. The number of aliphatic hydroxyl groups is 1. The summed E-state index contributed by atoms with van der Waals surface area (Å²) in [4.78, 5) is 4.56. The molecule has 2 aromatic heterocycles. The number of benzene rings is 2. The average Bonchev–Trinajstić information content (AvgIpc) is 3.42. The summed E-state index contributed by atoms with van der Waals surface area (Å²) in [5.41, 5.74) is 3.67. The molecule has 4 aromatic rings. The first-order valence-electron chi connectivity index (χ1n) is 9.91. The third-order valence-corrected chi connectivity index (χ3v) is 5.91. The van der Waals surface area contributed by atoms with E-state index in [1.54, 1.807) is 11.3 Å². The van der Waals surface area contributed by atoms with Crippen molar-refractivity contribution in [1.29, 1.82) is 0 Å². The highest BCUT2D eigenvalue weighted by Crippen LogP contribution is 2.30. The largest absolute Gasteiger partial charge is 0.389 e. The summed E-state index contributed by atoms with van der Waals surface area (Å²) < 4.78 is 5.63. The van der Waals surface area contributed by atoms with Gasteiger partial charge in [-0.15, -0.1) is 11.3 Å². The van der Waals surface area contributed by atoms with Gasteiger partial charge in [0.1, 0.15) is 0 Å². The Hall–Kier alpha value is -2.44. The fraction of sp³-hybridized carbons (Fsp3) is 0.250. The molecule has 0 aliphatic heterocycles. The molecule has 0 aliphatic rings. The molecule has 29 heavy (non-hydrogen) atoms. The Bertz CT molecular complexity index is 998. The zero-order chi connectivity index (χ0) is 19.9. The van der Waals surface area contributed by atoms with Gasteiger partial charge < -0.3 is 20.1 Å². The van der Waals surface area contributed by atoms with Gasteiger partial charge in [-0.3, -0.25) is 0 Å². The highest BCUT2D eigenvalue weighted by molar-refractivity contribution is 7.09.